The minimum Gasteiger partial charge on any atom is -0.494 e. The van der Waals surface area contributed by atoms with Crippen molar-refractivity contribution in [1.29, 1.82) is 0 Å². The van der Waals surface area contributed by atoms with E-state index in [-0.39, 0.29) is 0 Å². The van der Waals surface area contributed by atoms with Crippen LogP contribution in [0.15, 0.2) is 72.9 Å². The lowest BCUT2D eigenvalue weighted by Gasteiger charge is -2.15. The van der Waals surface area contributed by atoms with Crippen molar-refractivity contribution in [2.75, 3.05) is 6.61 Å². The molecule has 0 amide bonds. The fraction of sp³-hybridized carbons (Fsp3) is 0.276. The summed E-state index contributed by atoms with van der Waals surface area (Å²) >= 11 is 0. The summed E-state index contributed by atoms with van der Waals surface area (Å²) < 4.78 is 12.0. The third kappa shape index (κ3) is 5.79. The molecule has 5 nitrogen and oxygen atoms in total. The number of rotatable bonds is 11. The van der Waals surface area contributed by atoms with Crippen molar-refractivity contribution in [3.8, 4) is 22.6 Å². The van der Waals surface area contributed by atoms with Gasteiger partial charge in [0.05, 0.1) is 12.5 Å². The summed E-state index contributed by atoms with van der Waals surface area (Å²) in [5.41, 5.74) is 5.09. The normalized spacial score (nSPS) is 11.9. The number of aliphatic carboxylic acids is 1. The van der Waals surface area contributed by atoms with Gasteiger partial charge in [-0.15, -0.1) is 0 Å². The predicted molar refractivity (Wildman–Crippen MR) is 135 cm³/mol. The quantitative estimate of drug-likeness (QED) is 0.241. The van der Waals surface area contributed by atoms with Gasteiger partial charge < -0.3 is 19.6 Å². The zero-order valence-corrected chi connectivity index (χ0v) is 19.7. The zero-order valence-electron chi connectivity index (χ0n) is 19.7. The second-order valence-electron chi connectivity index (χ2n) is 8.69. The smallest absolute Gasteiger partial charge is 0.306 e. The van der Waals surface area contributed by atoms with E-state index in [1.807, 2.05) is 54.7 Å². The number of unbranched alkanes of at least 4 members (excludes halogenated alkanes) is 1. The highest BCUT2D eigenvalue weighted by atomic mass is 16.5. The number of carbonyl (C=O) groups is 1. The highest BCUT2D eigenvalue weighted by Gasteiger charge is 2.15. The maximum absolute atomic E-state index is 11.4. The Morgan fingerprint density at radius 1 is 0.971 bits per heavy atom. The van der Waals surface area contributed by atoms with Crippen molar-refractivity contribution in [2.45, 2.75) is 39.7 Å². The van der Waals surface area contributed by atoms with Gasteiger partial charge in [0, 0.05) is 17.3 Å². The molecule has 1 aromatic heterocycles. The van der Waals surface area contributed by atoms with Gasteiger partial charge in [-0.2, -0.15) is 0 Å². The molecular weight excluding hydrogens is 426 g/mol. The van der Waals surface area contributed by atoms with Gasteiger partial charge in [0.2, 0.25) is 0 Å². The van der Waals surface area contributed by atoms with Gasteiger partial charge in [0.25, 0.3) is 0 Å². The number of aromatic nitrogens is 1. The van der Waals surface area contributed by atoms with Gasteiger partial charge in [0.15, 0.2) is 0 Å². The Balaban J connectivity index is 1.56. The Kier molecular flexibility index (Phi) is 7.53. The second-order valence-corrected chi connectivity index (χ2v) is 8.69. The largest absolute Gasteiger partial charge is 0.494 e. The molecule has 5 heteroatoms. The van der Waals surface area contributed by atoms with Crippen LogP contribution in [0.4, 0.5) is 0 Å². The maximum atomic E-state index is 11.4. The molecule has 1 atom stereocenters. The van der Waals surface area contributed by atoms with Crippen molar-refractivity contribution in [3.63, 3.8) is 0 Å². The average molecular weight is 458 g/mol. The molecule has 0 fully saturated rings. The lowest BCUT2D eigenvalue weighted by atomic mass is 9.96. The molecule has 34 heavy (non-hydrogen) atoms. The van der Waals surface area contributed by atoms with Gasteiger partial charge >= 0.3 is 5.97 Å². The van der Waals surface area contributed by atoms with Crippen LogP contribution >= 0.6 is 0 Å². The van der Waals surface area contributed by atoms with Gasteiger partial charge in [-0.1, -0.05) is 44.5 Å². The van der Waals surface area contributed by atoms with Crippen LogP contribution in [-0.2, 0) is 17.8 Å². The number of carboxylic acid groups (broad SMARTS) is 1. The summed E-state index contributed by atoms with van der Waals surface area (Å²) in [6.45, 7) is 5.04. The van der Waals surface area contributed by atoms with Crippen molar-refractivity contribution in [3.05, 3.63) is 84.1 Å². The third-order valence-electron chi connectivity index (χ3n) is 5.96. The molecule has 0 aliphatic heterocycles. The molecule has 0 aliphatic rings. The Labute approximate surface area is 200 Å². The summed E-state index contributed by atoms with van der Waals surface area (Å²) in [4.78, 5) is 14.6. The summed E-state index contributed by atoms with van der Waals surface area (Å²) in [7, 11) is 0. The number of hydrogen-bond acceptors (Lipinski definition) is 3. The summed E-state index contributed by atoms with van der Waals surface area (Å²) in [6.07, 6.45) is 4.55. The molecule has 4 aromatic rings. The molecule has 0 aliphatic carbocycles. The molecule has 3 aromatic carbocycles. The topological polar surface area (TPSA) is 71.6 Å². The van der Waals surface area contributed by atoms with E-state index >= 15 is 0 Å². The van der Waals surface area contributed by atoms with Crippen LogP contribution in [0.5, 0.6) is 11.5 Å². The van der Waals surface area contributed by atoms with Crippen molar-refractivity contribution in [2.24, 2.45) is 5.92 Å². The Morgan fingerprint density at radius 2 is 1.76 bits per heavy atom. The summed E-state index contributed by atoms with van der Waals surface area (Å²) in [6, 6.07) is 22.2. The van der Waals surface area contributed by atoms with Gasteiger partial charge in [0.1, 0.15) is 18.1 Å². The molecule has 0 spiro atoms. The first-order valence-corrected chi connectivity index (χ1v) is 11.8. The first kappa shape index (κ1) is 23.4. The number of fused-ring (bicyclic) bond motifs is 1. The number of ether oxygens (including phenoxy) is 2. The lowest BCUT2D eigenvalue weighted by Crippen LogP contribution is -2.12. The van der Waals surface area contributed by atoms with E-state index in [4.69, 9.17) is 9.47 Å². The molecule has 0 bridgehead atoms. The Bertz CT molecular complexity index is 1240. The summed E-state index contributed by atoms with van der Waals surface area (Å²) in [5, 5.41) is 10.4. The molecule has 0 radical (unpaired) electrons. The highest BCUT2D eigenvalue weighted by Crippen LogP contribution is 2.34. The van der Waals surface area contributed by atoms with Crippen LogP contribution in [0.3, 0.4) is 0 Å². The van der Waals surface area contributed by atoms with Crippen molar-refractivity contribution >= 4 is 16.9 Å². The number of carboxylic acids is 1. The monoisotopic (exact) mass is 457 g/mol. The van der Waals surface area contributed by atoms with Gasteiger partial charge in [-0.25, -0.2) is 0 Å². The van der Waals surface area contributed by atoms with Crippen LogP contribution in [0, 0.1) is 5.92 Å². The lowest BCUT2D eigenvalue weighted by molar-refractivity contribution is -0.141. The minimum absolute atomic E-state index is 0.430. The SMILES string of the molecule is CCCCOc1ccc(COc2ccc(CC(C)C(=O)O)cc2-c2ccc3[nH]ccc3c2)cc1. The molecule has 1 heterocycles. The standard InChI is InChI=1S/C29H31NO4/c1-3-4-15-33-25-9-5-21(6-10-25)19-34-28-12-7-22(16-20(2)29(31)32)17-26(28)23-8-11-27-24(18-23)13-14-30-27/h5-14,17-18,20,30H,3-4,15-16,19H2,1-2H3,(H,31,32). The fourth-order valence-electron chi connectivity index (χ4n) is 3.89. The van der Waals surface area contributed by atoms with E-state index in [0.29, 0.717) is 13.0 Å². The van der Waals surface area contributed by atoms with Crippen LogP contribution in [0.1, 0.15) is 37.8 Å². The molecule has 2 N–H and O–H groups in total. The first-order valence-electron chi connectivity index (χ1n) is 11.8. The molecule has 1 unspecified atom stereocenters. The molecule has 0 saturated heterocycles. The van der Waals surface area contributed by atoms with Gasteiger partial charge in [-0.3, -0.25) is 4.79 Å². The number of nitrogens with one attached hydrogen (secondary N) is 1. The molecule has 4 rings (SSSR count). The van der Waals surface area contributed by atoms with E-state index in [0.717, 1.165) is 64.1 Å². The van der Waals surface area contributed by atoms with E-state index in [9.17, 15) is 9.90 Å². The summed E-state index contributed by atoms with van der Waals surface area (Å²) in [5.74, 6) is 0.391. The minimum atomic E-state index is -0.794. The number of benzene rings is 3. The average Bonchev–Trinajstić information content (AvgIpc) is 3.32. The predicted octanol–water partition coefficient (Wildman–Crippen LogP) is 6.86. The Hall–Kier alpha value is -3.73. The molecule has 176 valence electrons. The molecule has 0 saturated carbocycles. The van der Waals surface area contributed by atoms with Crippen molar-refractivity contribution < 1.29 is 19.4 Å². The van der Waals surface area contributed by atoms with Crippen LogP contribution in [0.2, 0.25) is 0 Å². The van der Waals surface area contributed by atoms with Crippen LogP contribution in [0.25, 0.3) is 22.0 Å². The van der Waals surface area contributed by atoms with E-state index in [1.54, 1.807) is 6.92 Å². The zero-order chi connectivity index (χ0) is 23.9. The van der Waals surface area contributed by atoms with E-state index < -0.39 is 11.9 Å². The van der Waals surface area contributed by atoms with E-state index in [2.05, 4.69) is 30.1 Å². The van der Waals surface area contributed by atoms with E-state index in [1.165, 1.54) is 0 Å². The Morgan fingerprint density at radius 3 is 2.53 bits per heavy atom. The number of hydrogen-bond donors (Lipinski definition) is 2. The maximum Gasteiger partial charge on any atom is 0.306 e. The first-order chi connectivity index (χ1) is 16.5. The third-order valence-corrected chi connectivity index (χ3v) is 5.96. The molecular formula is C29H31NO4. The van der Waals surface area contributed by atoms with Gasteiger partial charge in [-0.05, 0) is 77.4 Å². The van der Waals surface area contributed by atoms with Crippen LogP contribution < -0.4 is 9.47 Å². The number of H-pyrrole nitrogens is 1. The second kappa shape index (κ2) is 10.9. The highest BCUT2D eigenvalue weighted by molar-refractivity contribution is 5.86. The van der Waals surface area contributed by atoms with Crippen LogP contribution in [-0.4, -0.2) is 22.7 Å². The number of aromatic amines is 1. The fourth-order valence-corrected chi connectivity index (χ4v) is 3.89. The van der Waals surface area contributed by atoms with Crippen molar-refractivity contribution in [1.82, 2.24) is 4.98 Å².